The van der Waals surface area contributed by atoms with E-state index in [4.69, 9.17) is 4.74 Å². The monoisotopic (exact) mass is 395 g/mol. The van der Waals surface area contributed by atoms with E-state index in [-0.39, 0.29) is 17.9 Å². The first-order chi connectivity index (χ1) is 14.0. The summed E-state index contributed by atoms with van der Waals surface area (Å²) in [5.41, 5.74) is 0.936. The maximum absolute atomic E-state index is 12.2. The van der Waals surface area contributed by atoms with E-state index in [1.54, 1.807) is 31.3 Å². The second-order valence-electron chi connectivity index (χ2n) is 6.49. The predicted octanol–water partition coefficient (Wildman–Crippen LogP) is 2.75. The van der Waals surface area contributed by atoms with Crippen LogP contribution < -0.4 is 9.80 Å². The van der Waals surface area contributed by atoms with E-state index in [1.165, 1.54) is 12.1 Å². The summed E-state index contributed by atoms with van der Waals surface area (Å²) in [4.78, 5) is 31.4. The van der Waals surface area contributed by atoms with E-state index in [2.05, 4.69) is 20.9 Å². The number of pyridine rings is 1. The number of hydrogen-bond acceptors (Lipinski definition) is 8. The molecule has 0 spiro atoms. The van der Waals surface area contributed by atoms with Gasteiger partial charge >= 0.3 is 5.97 Å². The van der Waals surface area contributed by atoms with Crippen molar-refractivity contribution in [2.75, 3.05) is 42.6 Å². The Kier molecular flexibility index (Phi) is 6.24. The lowest BCUT2D eigenvalue weighted by molar-refractivity contribution is -0.385. The highest BCUT2D eigenvalue weighted by Gasteiger charge is 2.24. The zero-order valence-corrected chi connectivity index (χ0v) is 16.1. The molecule has 0 radical (unpaired) electrons. The SMILES string of the molecule is CCOC(=O)c1cc(N2CCCN(c3ncccc3C#N)CC2)ccc1[N+](=O)[O-]. The van der Waals surface area contributed by atoms with Gasteiger partial charge in [-0.3, -0.25) is 10.1 Å². The second kappa shape index (κ2) is 9.01. The van der Waals surface area contributed by atoms with Gasteiger partial charge in [-0.05, 0) is 37.6 Å². The number of anilines is 2. The number of benzene rings is 1. The van der Waals surface area contributed by atoms with E-state index < -0.39 is 10.9 Å². The summed E-state index contributed by atoms with van der Waals surface area (Å²) >= 11 is 0. The molecule has 0 saturated carbocycles. The van der Waals surface area contributed by atoms with Gasteiger partial charge in [-0.1, -0.05) is 0 Å². The zero-order valence-electron chi connectivity index (χ0n) is 16.1. The summed E-state index contributed by atoms with van der Waals surface area (Å²) < 4.78 is 4.98. The number of carbonyl (C=O) groups is 1. The molecular weight excluding hydrogens is 374 g/mol. The molecule has 1 aromatic carbocycles. The van der Waals surface area contributed by atoms with Crippen LogP contribution in [0.15, 0.2) is 36.5 Å². The summed E-state index contributed by atoms with van der Waals surface area (Å²) in [5.74, 6) is -0.0441. The van der Waals surface area contributed by atoms with Gasteiger partial charge in [-0.2, -0.15) is 5.26 Å². The van der Waals surface area contributed by atoms with Crippen molar-refractivity contribution >= 4 is 23.2 Å². The molecule has 1 fully saturated rings. The third kappa shape index (κ3) is 4.43. The third-order valence-electron chi connectivity index (χ3n) is 4.74. The molecule has 0 N–H and O–H groups in total. The number of nitro benzene ring substituents is 1. The molecule has 2 heterocycles. The van der Waals surface area contributed by atoms with Gasteiger partial charge in [0.25, 0.3) is 5.69 Å². The minimum atomic E-state index is -0.704. The lowest BCUT2D eigenvalue weighted by Gasteiger charge is -2.25. The quantitative estimate of drug-likeness (QED) is 0.431. The van der Waals surface area contributed by atoms with Crippen LogP contribution in [0.1, 0.15) is 29.3 Å². The number of aromatic nitrogens is 1. The van der Waals surface area contributed by atoms with Crippen molar-refractivity contribution in [1.29, 1.82) is 5.26 Å². The summed E-state index contributed by atoms with van der Waals surface area (Å²) in [6.45, 7) is 4.51. The fraction of sp³-hybridized carbons (Fsp3) is 0.350. The number of rotatable bonds is 5. The first-order valence-electron chi connectivity index (χ1n) is 9.35. The molecule has 1 saturated heterocycles. The molecule has 0 bridgehead atoms. The van der Waals surface area contributed by atoms with Crippen LogP contribution in [0.4, 0.5) is 17.2 Å². The third-order valence-corrected chi connectivity index (χ3v) is 4.74. The Bertz CT molecular complexity index is 956. The van der Waals surface area contributed by atoms with Crippen molar-refractivity contribution in [2.24, 2.45) is 0 Å². The largest absolute Gasteiger partial charge is 0.462 e. The number of nitrogens with zero attached hydrogens (tertiary/aromatic N) is 5. The van der Waals surface area contributed by atoms with Crippen LogP contribution in [0.5, 0.6) is 0 Å². The molecule has 1 aliphatic rings. The molecule has 2 aromatic rings. The molecule has 1 aromatic heterocycles. The number of ether oxygens (including phenoxy) is 1. The van der Waals surface area contributed by atoms with Crippen LogP contribution in [-0.2, 0) is 4.74 Å². The Morgan fingerprint density at radius 2 is 2.03 bits per heavy atom. The lowest BCUT2D eigenvalue weighted by Crippen LogP contribution is -2.31. The number of nitriles is 1. The number of nitro groups is 1. The summed E-state index contributed by atoms with van der Waals surface area (Å²) in [6, 6.07) is 10.2. The highest BCUT2D eigenvalue weighted by molar-refractivity contribution is 5.95. The molecule has 0 atom stereocenters. The standard InChI is InChI=1S/C20H21N5O4/c1-2-29-20(26)17-13-16(6-7-18(17)25(27)28)23-9-4-10-24(12-11-23)19-15(14-21)5-3-8-22-19/h3,5-8,13H,2,4,9-12H2,1H3. The molecule has 9 nitrogen and oxygen atoms in total. The van der Waals surface area contributed by atoms with Gasteiger partial charge in [0.15, 0.2) is 0 Å². The van der Waals surface area contributed by atoms with Crippen LogP contribution in [0.2, 0.25) is 0 Å². The Morgan fingerprint density at radius 1 is 1.28 bits per heavy atom. The van der Waals surface area contributed by atoms with Gasteiger partial charge in [0.1, 0.15) is 17.5 Å². The number of esters is 1. The van der Waals surface area contributed by atoms with Gasteiger partial charge in [0.05, 0.1) is 17.1 Å². The fourth-order valence-corrected chi connectivity index (χ4v) is 3.38. The van der Waals surface area contributed by atoms with Gasteiger partial charge in [0.2, 0.25) is 0 Å². The molecule has 0 unspecified atom stereocenters. The maximum atomic E-state index is 12.2. The van der Waals surface area contributed by atoms with Crippen LogP contribution in [0.3, 0.4) is 0 Å². The summed E-state index contributed by atoms with van der Waals surface area (Å²) in [5, 5.41) is 20.6. The van der Waals surface area contributed by atoms with Crippen molar-refractivity contribution in [3.63, 3.8) is 0 Å². The van der Waals surface area contributed by atoms with E-state index in [0.29, 0.717) is 31.0 Å². The van der Waals surface area contributed by atoms with Gasteiger partial charge in [0, 0.05) is 44.1 Å². The first kappa shape index (κ1) is 20.1. The predicted molar refractivity (Wildman–Crippen MR) is 107 cm³/mol. The summed E-state index contributed by atoms with van der Waals surface area (Å²) in [7, 11) is 0. The van der Waals surface area contributed by atoms with E-state index in [9.17, 15) is 20.2 Å². The van der Waals surface area contributed by atoms with Gasteiger partial charge in [-0.15, -0.1) is 0 Å². The molecule has 3 rings (SSSR count). The fourth-order valence-electron chi connectivity index (χ4n) is 3.38. The van der Waals surface area contributed by atoms with Gasteiger partial charge in [-0.25, -0.2) is 9.78 Å². The molecule has 0 amide bonds. The number of hydrogen-bond donors (Lipinski definition) is 0. The van der Waals surface area contributed by atoms with Crippen molar-refractivity contribution < 1.29 is 14.5 Å². The second-order valence-corrected chi connectivity index (χ2v) is 6.49. The van der Waals surface area contributed by atoms with Crippen LogP contribution in [0, 0.1) is 21.4 Å². The van der Waals surface area contributed by atoms with Gasteiger partial charge < -0.3 is 14.5 Å². The molecule has 150 valence electrons. The van der Waals surface area contributed by atoms with Crippen LogP contribution >= 0.6 is 0 Å². The normalized spacial score (nSPS) is 14.1. The van der Waals surface area contributed by atoms with E-state index in [0.717, 1.165) is 18.7 Å². The maximum Gasteiger partial charge on any atom is 0.345 e. The smallest absolute Gasteiger partial charge is 0.345 e. The van der Waals surface area contributed by atoms with Crippen molar-refractivity contribution in [3.8, 4) is 6.07 Å². The average molecular weight is 395 g/mol. The minimum absolute atomic E-state index is 0.0491. The molecule has 29 heavy (non-hydrogen) atoms. The highest BCUT2D eigenvalue weighted by atomic mass is 16.6. The Labute approximate surface area is 168 Å². The molecule has 0 aliphatic carbocycles. The molecular formula is C20H21N5O4. The summed E-state index contributed by atoms with van der Waals surface area (Å²) in [6.07, 6.45) is 2.48. The van der Waals surface area contributed by atoms with Crippen LogP contribution in [-0.4, -0.2) is 48.7 Å². The Balaban J connectivity index is 1.83. The zero-order chi connectivity index (χ0) is 20.8. The average Bonchev–Trinajstić information content (AvgIpc) is 2.99. The highest BCUT2D eigenvalue weighted by Crippen LogP contribution is 2.27. The van der Waals surface area contributed by atoms with Crippen molar-refractivity contribution in [2.45, 2.75) is 13.3 Å². The minimum Gasteiger partial charge on any atom is -0.462 e. The number of carbonyl (C=O) groups excluding carboxylic acids is 1. The van der Waals surface area contributed by atoms with Crippen molar-refractivity contribution in [3.05, 3.63) is 57.8 Å². The molecule has 1 aliphatic heterocycles. The van der Waals surface area contributed by atoms with E-state index >= 15 is 0 Å². The molecule has 9 heteroatoms. The van der Waals surface area contributed by atoms with Crippen molar-refractivity contribution in [1.82, 2.24) is 4.98 Å². The Morgan fingerprint density at radius 3 is 2.76 bits per heavy atom. The van der Waals surface area contributed by atoms with E-state index in [1.807, 2.05) is 0 Å². The lowest BCUT2D eigenvalue weighted by atomic mass is 10.1. The van der Waals surface area contributed by atoms with Crippen LogP contribution in [0.25, 0.3) is 0 Å². The Hall–Kier alpha value is -3.67. The first-order valence-corrected chi connectivity index (χ1v) is 9.35. The topological polar surface area (TPSA) is 113 Å².